The highest BCUT2D eigenvalue weighted by Gasteiger charge is 2.00. The first kappa shape index (κ1) is 11.8. The summed E-state index contributed by atoms with van der Waals surface area (Å²) in [6, 6.07) is 9.99. The standard InChI is InChI=1S/C13H14N2OS/c1-2-8-16-13-15-10-12(17-13)14-9-11-6-4-3-5-7-11/h3-7,9-10H,2,8H2,1H3. The molecule has 0 aliphatic carbocycles. The van der Waals surface area contributed by atoms with Crippen LogP contribution in [0.2, 0.25) is 0 Å². The maximum atomic E-state index is 5.42. The van der Waals surface area contributed by atoms with Crippen molar-refractivity contribution in [1.29, 1.82) is 0 Å². The fourth-order valence-electron chi connectivity index (χ4n) is 1.24. The minimum absolute atomic E-state index is 0.687. The zero-order chi connectivity index (χ0) is 11.9. The van der Waals surface area contributed by atoms with Gasteiger partial charge in [-0.25, -0.2) is 9.98 Å². The molecule has 0 bridgehead atoms. The van der Waals surface area contributed by atoms with E-state index in [1.807, 2.05) is 36.5 Å². The molecule has 0 N–H and O–H groups in total. The lowest BCUT2D eigenvalue weighted by molar-refractivity contribution is 0.316. The average molecular weight is 246 g/mol. The number of nitrogens with zero attached hydrogens (tertiary/aromatic N) is 2. The molecule has 0 saturated carbocycles. The van der Waals surface area contributed by atoms with Crippen LogP contribution in [-0.4, -0.2) is 17.8 Å². The molecule has 0 unspecified atom stereocenters. The molecule has 0 fully saturated rings. The number of hydrogen-bond acceptors (Lipinski definition) is 4. The lowest BCUT2D eigenvalue weighted by Gasteiger charge is -1.96. The highest BCUT2D eigenvalue weighted by atomic mass is 32.1. The van der Waals surface area contributed by atoms with E-state index < -0.39 is 0 Å². The van der Waals surface area contributed by atoms with Crippen LogP contribution >= 0.6 is 11.3 Å². The molecule has 0 amide bonds. The smallest absolute Gasteiger partial charge is 0.275 e. The van der Waals surface area contributed by atoms with Crippen LogP contribution in [0.1, 0.15) is 18.9 Å². The maximum Gasteiger partial charge on any atom is 0.275 e. The van der Waals surface area contributed by atoms with E-state index in [9.17, 15) is 0 Å². The number of ether oxygens (including phenoxy) is 1. The van der Waals surface area contributed by atoms with Gasteiger partial charge in [-0.05, 0) is 12.0 Å². The summed E-state index contributed by atoms with van der Waals surface area (Å²) in [6.45, 7) is 2.78. The molecular formula is C13H14N2OS. The highest BCUT2D eigenvalue weighted by molar-refractivity contribution is 7.17. The van der Waals surface area contributed by atoms with E-state index in [0.717, 1.165) is 17.0 Å². The molecule has 1 aromatic heterocycles. The summed E-state index contributed by atoms with van der Waals surface area (Å²) in [6.07, 6.45) is 4.55. The van der Waals surface area contributed by atoms with Gasteiger partial charge >= 0.3 is 0 Å². The van der Waals surface area contributed by atoms with Crippen LogP contribution in [0.15, 0.2) is 41.5 Å². The molecule has 0 saturated heterocycles. The molecule has 0 atom stereocenters. The number of rotatable bonds is 5. The van der Waals surface area contributed by atoms with Gasteiger partial charge in [-0.1, -0.05) is 48.6 Å². The molecule has 0 aliphatic rings. The van der Waals surface area contributed by atoms with Gasteiger partial charge in [0.1, 0.15) is 5.00 Å². The Kier molecular flexibility index (Phi) is 4.27. The Bertz CT molecular complexity index is 479. The predicted octanol–water partition coefficient (Wildman–Crippen LogP) is 3.68. The van der Waals surface area contributed by atoms with E-state index in [-0.39, 0.29) is 0 Å². The monoisotopic (exact) mass is 246 g/mol. The Morgan fingerprint density at radius 2 is 2.18 bits per heavy atom. The summed E-state index contributed by atoms with van der Waals surface area (Å²) in [5, 5.41) is 1.55. The maximum absolute atomic E-state index is 5.42. The molecule has 2 rings (SSSR count). The molecule has 3 nitrogen and oxygen atoms in total. The third-order valence-electron chi connectivity index (χ3n) is 2.04. The number of aromatic nitrogens is 1. The Morgan fingerprint density at radius 3 is 2.94 bits per heavy atom. The Hall–Kier alpha value is -1.68. The fraction of sp³-hybridized carbons (Fsp3) is 0.231. The van der Waals surface area contributed by atoms with E-state index >= 15 is 0 Å². The van der Waals surface area contributed by atoms with Gasteiger partial charge < -0.3 is 4.74 Å². The van der Waals surface area contributed by atoms with Gasteiger partial charge in [0.25, 0.3) is 5.19 Å². The normalized spacial score (nSPS) is 10.9. The quantitative estimate of drug-likeness (QED) is 0.754. The minimum atomic E-state index is 0.687. The van der Waals surface area contributed by atoms with Crippen molar-refractivity contribution in [1.82, 2.24) is 4.98 Å². The molecule has 2 aromatic rings. The van der Waals surface area contributed by atoms with Crippen molar-refractivity contribution in [3.8, 4) is 5.19 Å². The second-order valence-electron chi connectivity index (χ2n) is 3.48. The molecule has 17 heavy (non-hydrogen) atoms. The Balaban J connectivity index is 1.99. The van der Waals surface area contributed by atoms with Gasteiger partial charge in [-0.3, -0.25) is 0 Å². The summed E-state index contributed by atoms with van der Waals surface area (Å²) >= 11 is 1.46. The molecule has 88 valence electrons. The minimum Gasteiger partial charge on any atom is -0.470 e. The zero-order valence-electron chi connectivity index (χ0n) is 9.67. The predicted molar refractivity (Wildman–Crippen MR) is 71.6 cm³/mol. The van der Waals surface area contributed by atoms with Crippen molar-refractivity contribution in [2.45, 2.75) is 13.3 Å². The van der Waals surface area contributed by atoms with E-state index in [1.165, 1.54) is 11.3 Å². The second kappa shape index (κ2) is 6.15. The van der Waals surface area contributed by atoms with Gasteiger partial charge in [0.2, 0.25) is 0 Å². The van der Waals surface area contributed by atoms with Crippen LogP contribution in [0.4, 0.5) is 5.00 Å². The number of thiazole rings is 1. The zero-order valence-corrected chi connectivity index (χ0v) is 10.5. The lowest BCUT2D eigenvalue weighted by atomic mass is 10.2. The third-order valence-corrected chi connectivity index (χ3v) is 2.86. The third kappa shape index (κ3) is 3.67. The van der Waals surface area contributed by atoms with Crippen molar-refractivity contribution < 1.29 is 4.74 Å². The van der Waals surface area contributed by atoms with Crippen molar-refractivity contribution in [3.63, 3.8) is 0 Å². The van der Waals surface area contributed by atoms with Gasteiger partial charge in [-0.2, -0.15) is 0 Å². The van der Waals surface area contributed by atoms with Crippen LogP contribution in [0.25, 0.3) is 0 Å². The van der Waals surface area contributed by atoms with Crippen LogP contribution in [0.5, 0.6) is 5.19 Å². The molecule has 0 aliphatic heterocycles. The summed E-state index contributed by atoms with van der Waals surface area (Å²) in [4.78, 5) is 8.50. The molecule has 0 radical (unpaired) electrons. The summed E-state index contributed by atoms with van der Waals surface area (Å²) in [5.41, 5.74) is 1.08. The average Bonchev–Trinajstić information content (AvgIpc) is 2.83. The van der Waals surface area contributed by atoms with E-state index in [1.54, 1.807) is 6.20 Å². The summed E-state index contributed by atoms with van der Waals surface area (Å²) in [5.74, 6) is 0. The number of aliphatic imine (C=N–C) groups is 1. The molecule has 1 aromatic carbocycles. The number of benzene rings is 1. The SMILES string of the molecule is CCCOc1ncc(N=Cc2ccccc2)s1. The van der Waals surface area contributed by atoms with E-state index in [0.29, 0.717) is 11.8 Å². The van der Waals surface area contributed by atoms with Crippen LogP contribution in [0.3, 0.4) is 0 Å². The fourth-order valence-corrected chi connectivity index (χ4v) is 1.88. The van der Waals surface area contributed by atoms with Crippen molar-refractivity contribution in [2.75, 3.05) is 6.61 Å². The highest BCUT2D eigenvalue weighted by Crippen LogP contribution is 2.27. The Labute approximate surface area is 105 Å². The molecule has 4 heteroatoms. The van der Waals surface area contributed by atoms with Gasteiger partial charge in [0.05, 0.1) is 12.8 Å². The largest absolute Gasteiger partial charge is 0.470 e. The second-order valence-corrected chi connectivity index (χ2v) is 4.45. The first-order valence-electron chi connectivity index (χ1n) is 5.56. The van der Waals surface area contributed by atoms with Gasteiger partial charge in [-0.15, -0.1) is 0 Å². The van der Waals surface area contributed by atoms with Crippen molar-refractivity contribution >= 4 is 22.6 Å². The van der Waals surface area contributed by atoms with E-state index in [2.05, 4.69) is 16.9 Å². The molecular weight excluding hydrogens is 232 g/mol. The summed E-state index contributed by atoms with van der Waals surface area (Å²) in [7, 11) is 0. The first-order chi connectivity index (χ1) is 8.38. The Morgan fingerprint density at radius 1 is 1.35 bits per heavy atom. The van der Waals surface area contributed by atoms with Crippen molar-refractivity contribution in [3.05, 3.63) is 42.1 Å². The van der Waals surface area contributed by atoms with Crippen molar-refractivity contribution in [2.24, 2.45) is 4.99 Å². The van der Waals surface area contributed by atoms with Crippen LogP contribution < -0.4 is 4.74 Å². The number of hydrogen-bond donors (Lipinski definition) is 0. The van der Waals surface area contributed by atoms with E-state index in [4.69, 9.17) is 4.74 Å². The molecule has 1 heterocycles. The topological polar surface area (TPSA) is 34.5 Å². The van der Waals surface area contributed by atoms with Gasteiger partial charge in [0.15, 0.2) is 0 Å². The van der Waals surface area contributed by atoms with Crippen LogP contribution in [-0.2, 0) is 0 Å². The first-order valence-corrected chi connectivity index (χ1v) is 6.38. The summed E-state index contributed by atoms with van der Waals surface area (Å²) < 4.78 is 5.42. The molecule has 0 spiro atoms. The lowest BCUT2D eigenvalue weighted by Crippen LogP contribution is -1.93. The van der Waals surface area contributed by atoms with Gasteiger partial charge in [0, 0.05) is 6.21 Å². The van der Waals surface area contributed by atoms with Crippen LogP contribution in [0, 0.1) is 0 Å².